The van der Waals surface area contributed by atoms with Gasteiger partial charge >= 0.3 is 11.9 Å². The fourth-order valence-electron chi connectivity index (χ4n) is 4.79. The number of hydrogen-bond acceptors (Lipinski definition) is 16. The molecule has 0 aromatic heterocycles. The number of carboxylic acids is 2. The molecule has 0 aliphatic heterocycles. The van der Waals surface area contributed by atoms with E-state index in [0.29, 0.717) is 12.8 Å². The van der Waals surface area contributed by atoms with Crippen LogP contribution in [-0.4, -0.2) is 167 Å². The smallest absolute Gasteiger partial charge is 0.326 e. The van der Waals surface area contributed by atoms with Crippen molar-refractivity contribution < 1.29 is 78.0 Å². The monoisotopic (exact) mass is 876 g/mol. The van der Waals surface area contributed by atoms with Crippen molar-refractivity contribution >= 4 is 71.0 Å². The standard InChI is InChI=1S/C33H56N12O16/c1-15(40-28(55)16(35)5-7-22(36)48)27(54)42-17(4-2-3-9-34)30(57)45-21(14-47)32(59)43-18(6-8-23(37)49)29(56)39-11-24(50)38-12-25(51)41-20(13-46)31(58)44-19(33(60)61)10-26(52)53/h15-21,46-47H,2-14,34-35H2,1H3,(H2,36,48)(H2,37,49)(H,38,50)(H,39,56)(H,40,55)(H,41,51)(H,42,54)(H,43,59)(H,44,58)(H,45,57)(H,52,53)(H,60,61). The van der Waals surface area contributed by atoms with Gasteiger partial charge in [0.25, 0.3) is 0 Å². The Morgan fingerprint density at radius 1 is 0.525 bits per heavy atom. The molecule has 344 valence electrons. The summed E-state index contributed by atoms with van der Waals surface area (Å²) >= 11 is 0. The van der Waals surface area contributed by atoms with E-state index in [-0.39, 0.29) is 25.8 Å². The summed E-state index contributed by atoms with van der Waals surface area (Å²) in [5.41, 5.74) is 21.5. The van der Waals surface area contributed by atoms with Gasteiger partial charge in [-0.25, -0.2) is 4.79 Å². The summed E-state index contributed by atoms with van der Waals surface area (Å²) in [7, 11) is 0. The first-order chi connectivity index (χ1) is 28.6. The van der Waals surface area contributed by atoms with Crippen molar-refractivity contribution in [3.63, 3.8) is 0 Å². The summed E-state index contributed by atoms with van der Waals surface area (Å²) in [6.07, 6.45) is -1.48. The van der Waals surface area contributed by atoms with Crippen molar-refractivity contribution in [3.05, 3.63) is 0 Å². The molecular weight excluding hydrogens is 820 g/mol. The third kappa shape index (κ3) is 23.0. The highest BCUT2D eigenvalue weighted by Crippen LogP contribution is 2.05. The van der Waals surface area contributed by atoms with E-state index in [1.165, 1.54) is 6.92 Å². The molecule has 0 aromatic carbocycles. The Hall–Kier alpha value is -6.52. The molecule has 20 N–H and O–H groups in total. The maximum absolute atomic E-state index is 13.3. The lowest BCUT2D eigenvalue weighted by molar-refractivity contribution is -0.147. The molecule has 28 heteroatoms. The van der Waals surface area contributed by atoms with Crippen LogP contribution >= 0.6 is 0 Å². The Morgan fingerprint density at radius 2 is 1.00 bits per heavy atom. The molecular formula is C33H56N12O16. The van der Waals surface area contributed by atoms with E-state index in [0.717, 1.165) is 0 Å². The van der Waals surface area contributed by atoms with Crippen molar-refractivity contribution in [1.82, 2.24) is 42.5 Å². The third-order valence-corrected chi connectivity index (χ3v) is 8.20. The van der Waals surface area contributed by atoms with Crippen molar-refractivity contribution in [2.45, 2.75) is 101 Å². The quantitative estimate of drug-likeness (QED) is 0.0288. The molecule has 7 unspecified atom stereocenters. The number of aliphatic hydroxyl groups excluding tert-OH is 2. The van der Waals surface area contributed by atoms with E-state index < -0.39 is 159 Å². The number of hydrogen-bond donors (Lipinski definition) is 16. The van der Waals surface area contributed by atoms with Crippen LogP contribution in [0.1, 0.15) is 58.3 Å². The Morgan fingerprint density at radius 3 is 1.52 bits per heavy atom. The summed E-state index contributed by atoms with van der Waals surface area (Å²) in [5, 5.41) is 54.6. The van der Waals surface area contributed by atoms with Crippen molar-refractivity contribution in [1.29, 1.82) is 0 Å². The van der Waals surface area contributed by atoms with Crippen molar-refractivity contribution in [3.8, 4) is 0 Å². The molecule has 0 saturated carbocycles. The van der Waals surface area contributed by atoms with Crippen LogP contribution in [0.2, 0.25) is 0 Å². The van der Waals surface area contributed by atoms with Gasteiger partial charge in [0, 0.05) is 12.8 Å². The molecule has 61 heavy (non-hydrogen) atoms. The van der Waals surface area contributed by atoms with Crippen LogP contribution in [0.15, 0.2) is 0 Å². The van der Waals surface area contributed by atoms with Gasteiger partial charge in [-0.2, -0.15) is 0 Å². The first-order valence-corrected chi connectivity index (χ1v) is 18.6. The largest absolute Gasteiger partial charge is 0.481 e. The number of nitrogens with one attached hydrogen (secondary N) is 8. The zero-order valence-corrected chi connectivity index (χ0v) is 33.2. The first kappa shape index (κ1) is 54.5. The Labute approximate surface area is 347 Å². The lowest BCUT2D eigenvalue weighted by atomic mass is 10.1. The molecule has 7 atom stereocenters. The lowest BCUT2D eigenvalue weighted by Crippen LogP contribution is -2.59. The summed E-state index contributed by atoms with van der Waals surface area (Å²) in [6, 6.07) is -10.7. The lowest BCUT2D eigenvalue weighted by Gasteiger charge is -2.25. The topological polar surface area (TPSA) is 486 Å². The number of carboxylic acid groups (broad SMARTS) is 2. The highest BCUT2D eigenvalue weighted by atomic mass is 16.4. The van der Waals surface area contributed by atoms with Gasteiger partial charge in [-0.05, 0) is 45.6 Å². The molecule has 0 bridgehead atoms. The van der Waals surface area contributed by atoms with Gasteiger partial charge in [0.05, 0.1) is 38.8 Å². The van der Waals surface area contributed by atoms with Gasteiger partial charge in [-0.3, -0.25) is 52.7 Å². The van der Waals surface area contributed by atoms with Crippen LogP contribution in [0.4, 0.5) is 0 Å². The predicted octanol–water partition coefficient (Wildman–Crippen LogP) is -9.32. The van der Waals surface area contributed by atoms with Gasteiger partial charge in [0.1, 0.15) is 36.3 Å². The number of rotatable bonds is 31. The van der Waals surface area contributed by atoms with Crippen LogP contribution in [0, 0.1) is 0 Å². The highest BCUT2D eigenvalue weighted by molar-refractivity contribution is 5.97. The number of nitrogens with two attached hydrogens (primary N) is 4. The van der Waals surface area contributed by atoms with Gasteiger partial charge in [0.15, 0.2) is 0 Å². The van der Waals surface area contributed by atoms with Gasteiger partial charge in [0.2, 0.25) is 59.1 Å². The van der Waals surface area contributed by atoms with Gasteiger partial charge in [-0.15, -0.1) is 0 Å². The molecule has 0 fully saturated rings. The fourth-order valence-corrected chi connectivity index (χ4v) is 4.79. The van der Waals surface area contributed by atoms with Crippen molar-refractivity contribution in [2.75, 3.05) is 32.8 Å². The van der Waals surface area contributed by atoms with E-state index in [1.807, 2.05) is 10.6 Å². The number of amides is 10. The number of primary amides is 2. The minimum atomic E-state index is -1.89. The van der Waals surface area contributed by atoms with E-state index in [9.17, 15) is 67.7 Å². The molecule has 0 saturated heterocycles. The average molecular weight is 877 g/mol. The second kappa shape index (κ2) is 28.8. The maximum atomic E-state index is 13.3. The zero-order chi connectivity index (χ0) is 46.8. The van der Waals surface area contributed by atoms with Crippen LogP contribution < -0.4 is 65.5 Å². The van der Waals surface area contributed by atoms with Crippen LogP contribution in [0.3, 0.4) is 0 Å². The Bertz CT molecular complexity index is 1600. The minimum Gasteiger partial charge on any atom is -0.481 e. The molecule has 0 spiro atoms. The zero-order valence-electron chi connectivity index (χ0n) is 33.2. The van der Waals surface area contributed by atoms with Crippen molar-refractivity contribution in [2.24, 2.45) is 22.9 Å². The molecule has 0 aliphatic rings. The van der Waals surface area contributed by atoms with Crippen LogP contribution in [-0.2, 0) is 57.5 Å². The number of unbranched alkanes of at least 4 members (excludes halogenated alkanes) is 1. The highest BCUT2D eigenvalue weighted by Gasteiger charge is 2.32. The van der Waals surface area contributed by atoms with E-state index in [2.05, 4.69) is 31.9 Å². The normalized spacial score (nSPS) is 14.1. The number of carbonyl (C=O) groups is 12. The minimum absolute atomic E-state index is 0.0140. The SMILES string of the molecule is CC(NC(=O)C(N)CCC(N)=O)C(=O)NC(CCCCN)C(=O)NC(CO)C(=O)NC(CCC(N)=O)C(=O)NCC(=O)NCC(=O)NC(CO)C(=O)NC(CC(=O)O)C(=O)O. The predicted molar refractivity (Wildman–Crippen MR) is 205 cm³/mol. The molecule has 28 nitrogen and oxygen atoms in total. The maximum Gasteiger partial charge on any atom is 0.326 e. The summed E-state index contributed by atoms with van der Waals surface area (Å²) < 4.78 is 0. The molecule has 0 aliphatic carbocycles. The van der Waals surface area contributed by atoms with E-state index in [4.69, 9.17) is 33.1 Å². The Balaban J connectivity index is 5.55. The number of aliphatic hydroxyl groups is 2. The van der Waals surface area contributed by atoms with Gasteiger partial charge in [-0.1, -0.05) is 0 Å². The molecule has 0 rings (SSSR count). The second-order valence-electron chi connectivity index (χ2n) is 13.3. The summed E-state index contributed by atoms with van der Waals surface area (Å²) in [6.45, 7) is -2.25. The van der Waals surface area contributed by atoms with E-state index in [1.54, 1.807) is 0 Å². The Kier molecular flexibility index (Phi) is 25.7. The molecule has 0 radical (unpaired) electrons. The summed E-state index contributed by atoms with van der Waals surface area (Å²) in [4.78, 5) is 146. The molecule has 0 heterocycles. The number of carbonyl (C=O) groups excluding carboxylic acids is 10. The van der Waals surface area contributed by atoms with Gasteiger partial charge < -0.3 is 85.9 Å². The molecule has 0 aromatic rings. The van der Waals surface area contributed by atoms with Crippen LogP contribution in [0.5, 0.6) is 0 Å². The molecule has 10 amide bonds. The number of aliphatic carboxylic acids is 2. The first-order valence-electron chi connectivity index (χ1n) is 18.6. The third-order valence-electron chi connectivity index (χ3n) is 8.20. The second-order valence-corrected chi connectivity index (χ2v) is 13.3. The average Bonchev–Trinajstić information content (AvgIpc) is 3.19. The van der Waals surface area contributed by atoms with Crippen LogP contribution in [0.25, 0.3) is 0 Å². The fraction of sp³-hybridized carbons (Fsp3) is 0.636. The van der Waals surface area contributed by atoms with E-state index >= 15 is 0 Å². The summed E-state index contributed by atoms with van der Waals surface area (Å²) in [5.74, 6) is -13.0.